The molecule has 0 bridgehead atoms. The van der Waals surface area contributed by atoms with E-state index in [0.717, 1.165) is 12.0 Å². The molecule has 0 aliphatic carbocycles. The zero-order valence-corrected chi connectivity index (χ0v) is 14.2. The molecule has 5 heteroatoms. The molecule has 1 aromatic rings. The number of piperidine rings is 1. The van der Waals surface area contributed by atoms with E-state index in [0.29, 0.717) is 32.5 Å². The fourth-order valence-electron chi connectivity index (χ4n) is 3.08. The van der Waals surface area contributed by atoms with Gasteiger partial charge in [0.15, 0.2) is 0 Å². The first-order valence-electron chi connectivity index (χ1n) is 8.35. The Morgan fingerprint density at radius 3 is 2.71 bits per heavy atom. The lowest BCUT2D eigenvalue weighted by molar-refractivity contribution is -0.158. The minimum Gasteiger partial charge on any atom is -0.466 e. The van der Waals surface area contributed by atoms with Gasteiger partial charge in [-0.2, -0.15) is 0 Å². The van der Waals surface area contributed by atoms with Crippen LogP contribution in [0.3, 0.4) is 0 Å². The van der Waals surface area contributed by atoms with Crippen molar-refractivity contribution in [3.8, 4) is 0 Å². The number of allylic oxidation sites excluding steroid dienone is 1. The summed E-state index contributed by atoms with van der Waals surface area (Å²) in [6, 6.07) is 9.53. The zero-order valence-electron chi connectivity index (χ0n) is 14.2. The third kappa shape index (κ3) is 4.37. The second-order valence-corrected chi connectivity index (χ2v) is 6.06. The van der Waals surface area contributed by atoms with E-state index in [1.807, 2.05) is 30.3 Å². The van der Waals surface area contributed by atoms with Crippen LogP contribution in [-0.2, 0) is 20.9 Å². The molecule has 2 rings (SSSR count). The number of hydrogen-bond acceptors (Lipinski definition) is 4. The topological polar surface area (TPSA) is 55.8 Å². The van der Waals surface area contributed by atoms with Crippen molar-refractivity contribution < 1.29 is 19.1 Å². The van der Waals surface area contributed by atoms with E-state index in [9.17, 15) is 9.59 Å². The van der Waals surface area contributed by atoms with Crippen LogP contribution in [0.1, 0.15) is 31.7 Å². The summed E-state index contributed by atoms with van der Waals surface area (Å²) in [7, 11) is 0. The summed E-state index contributed by atoms with van der Waals surface area (Å²) in [5, 5.41) is 0. The SMILES string of the molecule is C=CC[C@]1(C(=O)OCC)CCCN(C(=O)OCc2ccccc2)C1. The summed E-state index contributed by atoms with van der Waals surface area (Å²) in [5.41, 5.74) is 0.229. The summed E-state index contributed by atoms with van der Waals surface area (Å²) in [6.07, 6.45) is 3.26. The Balaban J connectivity index is 2.00. The summed E-state index contributed by atoms with van der Waals surface area (Å²) in [5.74, 6) is -0.259. The number of hydrogen-bond donors (Lipinski definition) is 0. The molecule has 1 heterocycles. The van der Waals surface area contributed by atoms with E-state index >= 15 is 0 Å². The Morgan fingerprint density at radius 1 is 1.29 bits per heavy atom. The highest BCUT2D eigenvalue weighted by Crippen LogP contribution is 2.35. The predicted octanol–water partition coefficient (Wildman–Crippen LogP) is 3.54. The minimum absolute atomic E-state index is 0.226. The first kappa shape index (κ1) is 18.0. The lowest BCUT2D eigenvalue weighted by Gasteiger charge is -2.39. The van der Waals surface area contributed by atoms with Crippen molar-refractivity contribution in [3.63, 3.8) is 0 Å². The number of carbonyl (C=O) groups excluding carboxylic acids is 2. The molecule has 0 saturated carbocycles. The van der Waals surface area contributed by atoms with Crippen LogP contribution in [0.4, 0.5) is 4.79 Å². The van der Waals surface area contributed by atoms with Gasteiger partial charge in [0, 0.05) is 13.1 Å². The van der Waals surface area contributed by atoms with Gasteiger partial charge < -0.3 is 14.4 Å². The van der Waals surface area contributed by atoms with Gasteiger partial charge in [-0.1, -0.05) is 36.4 Å². The van der Waals surface area contributed by atoms with Crippen LogP contribution < -0.4 is 0 Å². The Kier molecular flexibility index (Phi) is 6.41. The smallest absolute Gasteiger partial charge is 0.410 e. The van der Waals surface area contributed by atoms with Crippen molar-refractivity contribution in [1.29, 1.82) is 0 Å². The van der Waals surface area contributed by atoms with Gasteiger partial charge >= 0.3 is 12.1 Å². The molecule has 1 aliphatic rings. The number of carbonyl (C=O) groups is 2. The van der Waals surface area contributed by atoms with Gasteiger partial charge in [-0.3, -0.25) is 4.79 Å². The largest absolute Gasteiger partial charge is 0.466 e. The average molecular weight is 331 g/mol. The maximum Gasteiger partial charge on any atom is 0.410 e. The summed E-state index contributed by atoms with van der Waals surface area (Å²) >= 11 is 0. The molecule has 1 aliphatic heterocycles. The molecule has 0 N–H and O–H groups in total. The van der Waals surface area contributed by atoms with E-state index in [2.05, 4.69) is 6.58 Å². The van der Waals surface area contributed by atoms with Crippen LogP contribution in [0.5, 0.6) is 0 Å². The second-order valence-electron chi connectivity index (χ2n) is 6.06. The molecule has 0 aromatic heterocycles. The number of nitrogens with zero attached hydrogens (tertiary/aromatic N) is 1. The van der Waals surface area contributed by atoms with Crippen LogP contribution in [0, 0.1) is 5.41 Å². The van der Waals surface area contributed by atoms with Crippen molar-refractivity contribution in [3.05, 3.63) is 48.6 Å². The Morgan fingerprint density at radius 2 is 2.04 bits per heavy atom. The standard InChI is InChI=1S/C19H25NO4/c1-3-11-19(17(21)23-4-2)12-8-13-20(15-19)18(22)24-14-16-9-6-5-7-10-16/h3,5-7,9-10H,1,4,8,11-15H2,2H3/t19-/m0/s1. The van der Waals surface area contributed by atoms with Crippen molar-refractivity contribution in [1.82, 2.24) is 4.90 Å². The number of likely N-dealkylation sites (tertiary alicyclic amines) is 1. The maximum atomic E-state index is 12.4. The van der Waals surface area contributed by atoms with Crippen molar-refractivity contribution in [2.45, 2.75) is 32.8 Å². The van der Waals surface area contributed by atoms with Gasteiger partial charge in [0.1, 0.15) is 6.61 Å². The Labute approximate surface area is 143 Å². The van der Waals surface area contributed by atoms with Gasteiger partial charge in [0.25, 0.3) is 0 Å². The van der Waals surface area contributed by atoms with Crippen molar-refractivity contribution in [2.24, 2.45) is 5.41 Å². The first-order valence-corrected chi connectivity index (χ1v) is 8.35. The van der Waals surface area contributed by atoms with Crippen LogP contribution in [0.15, 0.2) is 43.0 Å². The average Bonchev–Trinajstić information content (AvgIpc) is 2.61. The molecule has 1 aromatic carbocycles. The van der Waals surface area contributed by atoms with Crippen molar-refractivity contribution in [2.75, 3.05) is 19.7 Å². The molecule has 0 unspecified atom stereocenters. The number of ether oxygens (including phenoxy) is 2. The normalized spacial score (nSPS) is 20.3. The minimum atomic E-state index is -0.707. The fraction of sp³-hybridized carbons (Fsp3) is 0.474. The van der Waals surface area contributed by atoms with Gasteiger partial charge in [-0.25, -0.2) is 4.79 Å². The van der Waals surface area contributed by atoms with Crippen LogP contribution in [-0.4, -0.2) is 36.7 Å². The molecule has 1 saturated heterocycles. The van der Waals surface area contributed by atoms with E-state index in [1.54, 1.807) is 17.9 Å². The molecular weight excluding hydrogens is 306 g/mol. The van der Waals surface area contributed by atoms with Gasteiger partial charge in [-0.05, 0) is 31.7 Å². The molecule has 1 fully saturated rings. The summed E-state index contributed by atoms with van der Waals surface area (Å²) < 4.78 is 10.6. The monoisotopic (exact) mass is 331 g/mol. The zero-order chi connectivity index (χ0) is 17.4. The summed E-state index contributed by atoms with van der Waals surface area (Å²) in [4.78, 5) is 26.4. The lowest BCUT2D eigenvalue weighted by atomic mass is 9.77. The number of benzene rings is 1. The highest BCUT2D eigenvalue weighted by atomic mass is 16.6. The molecule has 130 valence electrons. The Hall–Kier alpha value is -2.30. The van der Waals surface area contributed by atoms with E-state index in [-0.39, 0.29) is 12.6 Å². The highest BCUT2D eigenvalue weighted by Gasteiger charge is 2.44. The lowest BCUT2D eigenvalue weighted by Crippen LogP contribution is -2.50. The predicted molar refractivity (Wildman–Crippen MR) is 91.3 cm³/mol. The van der Waals surface area contributed by atoms with Crippen LogP contribution in [0.2, 0.25) is 0 Å². The number of rotatable bonds is 6. The Bertz CT molecular complexity index is 572. The van der Waals surface area contributed by atoms with Crippen molar-refractivity contribution >= 4 is 12.1 Å². The molecule has 5 nitrogen and oxygen atoms in total. The molecular formula is C19H25NO4. The molecule has 0 spiro atoms. The molecule has 1 atom stereocenters. The highest BCUT2D eigenvalue weighted by molar-refractivity contribution is 5.79. The first-order chi connectivity index (χ1) is 11.6. The third-order valence-electron chi connectivity index (χ3n) is 4.28. The number of amides is 1. The van der Waals surface area contributed by atoms with E-state index < -0.39 is 11.5 Å². The second kappa shape index (κ2) is 8.52. The van der Waals surface area contributed by atoms with Crippen LogP contribution in [0.25, 0.3) is 0 Å². The summed E-state index contributed by atoms with van der Waals surface area (Å²) in [6.45, 7) is 6.99. The molecule has 0 radical (unpaired) electrons. The van der Waals surface area contributed by atoms with Gasteiger partial charge in [-0.15, -0.1) is 6.58 Å². The number of esters is 1. The molecule has 24 heavy (non-hydrogen) atoms. The van der Waals surface area contributed by atoms with Gasteiger partial charge in [0.05, 0.1) is 12.0 Å². The quantitative estimate of drug-likeness (QED) is 0.591. The van der Waals surface area contributed by atoms with E-state index in [4.69, 9.17) is 9.47 Å². The van der Waals surface area contributed by atoms with Gasteiger partial charge in [0.2, 0.25) is 0 Å². The fourth-order valence-corrected chi connectivity index (χ4v) is 3.08. The molecule has 1 amide bonds. The van der Waals surface area contributed by atoms with E-state index in [1.165, 1.54) is 0 Å². The maximum absolute atomic E-state index is 12.4. The van der Waals surface area contributed by atoms with Crippen LogP contribution >= 0.6 is 0 Å². The third-order valence-corrected chi connectivity index (χ3v) is 4.28.